The minimum absolute atomic E-state index is 0. The Morgan fingerprint density at radius 2 is 0.711 bits per heavy atom. The zero-order valence-corrected chi connectivity index (χ0v) is 65.0. The van der Waals surface area contributed by atoms with Gasteiger partial charge in [-0.15, -0.1) is 12.4 Å². The van der Waals surface area contributed by atoms with Gasteiger partial charge in [-0.25, -0.2) is 27.2 Å². The van der Waals surface area contributed by atoms with Crippen molar-refractivity contribution >= 4 is 85.8 Å². The van der Waals surface area contributed by atoms with Gasteiger partial charge < -0.3 is 92.9 Å². The number of halogens is 5. The van der Waals surface area contributed by atoms with E-state index in [0.29, 0.717) is 128 Å². The summed E-state index contributed by atoms with van der Waals surface area (Å²) in [5.41, 5.74) is 31.7. The zero-order chi connectivity index (χ0) is 80.8. The molecule has 4 aromatic heterocycles. The summed E-state index contributed by atoms with van der Waals surface area (Å²) in [5, 5.41) is 24.1. The number of unbranched alkanes of at least 4 members (excludes halogenated alkanes) is 1. The van der Waals surface area contributed by atoms with Gasteiger partial charge in [0.1, 0.15) is 74.6 Å². The average Bonchev–Trinajstić information content (AvgIpc) is 1.67. The lowest BCUT2D eigenvalue weighted by Gasteiger charge is -2.24. The maximum absolute atomic E-state index is 13.6. The number of ether oxygens (including phenoxy) is 5. The number of para-hydroxylation sites is 4. The minimum atomic E-state index is -1.08. The number of carbonyl (C=O) groups excluding carboxylic acids is 4. The number of carboxylic acid groups (broad SMARTS) is 1. The van der Waals surface area contributed by atoms with Crippen molar-refractivity contribution in [3.8, 4) is 67.5 Å². The first-order valence-electron chi connectivity index (χ1n) is 36.6. The number of hydrogen-bond acceptors (Lipinski definition) is 14. The number of alkyl carbamates (subject to hydrolysis) is 1. The Balaban J connectivity index is 0.000000212. The molecule has 0 saturated heterocycles. The summed E-state index contributed by atoms with van der Waals surface area (Å²) in [5.74, 6) is -0.961. The summed E-state index contributed by atoms with van der Waals surface area (Å²) >= 11 is 0. The van der Waals surface area contributed by atoms with Gasteiger partial charge in [-0.1, -0.05) is 124 Å². The van der Waals surface area contributed by atoms with Crippen LogP contribution in [0.1, 0.15) is 122 Å². The molecule has 0 spiro atoms. The Labute approximate surface area is 665 Å². The van der Waals surface area contributed by atoms with Gasteiger partial charge in [0.05, 0.1) is 50.5 Å². The van der Waals surface area contributed by atoms with Crippen molar-refractivity contribution in [3.63, 3.8) is 0 Å². The first kappa shape index (κ1) is 89.3. The van der Waals surface area contributed by atoms with Crippen LogP contribution in [0, 0.1) is 23.3 Å². The number of aromatic nitrogens is 4. The quantitative estimate of drug-likeness (QED) is 0.0203. The number of aromatic carboxylic acids is 1. The van der Waals surface area contributed by atoms with E-state index >= 15 is 0 Å². The van der Waals surface area contributed by atoms with E-state index in [9.17, 15) is 46.6 Å². The van der Waals surface area contributed by atoms with E-state index < -0.39 is 17.7 Å². The predicted molar refractivity (Wildman–Crippen MR) is 444 cm³/mol. The summed E-state index contributed by atoms with van der Waals surface area (Å²) in [6.45, 7) is 9.52. The monoisotopic (exact) mass is 1590 g/mol. The number of H-pyrrole nitrogens is 4. The molecule has 0 aliphatic heterocycles. The summed E-state index contributed by atoms with van der Waals surface area (Å²) in [6.07, 6.45) is 5.11. The van der Waals surface area contributed by atoms with Crippen molar-refractivity contribution in [2.75, 3.05) is 61.2 Å². The Hall–Kier alpha value is -11.9. The van der Waals surface area contributed by atoms with Crippen LogP contribution in [-0.2, 0) is 4.74 Å². The largest absolute Gasteiger partial charge is 0.495 e. The fourth-order valence-corrected chi connectivity index (χ4v) is 12.8. The van der Waals surface area contributed by atoms with Crippen LogP contribution in [-0.4, -0.2) is 140 Å². The number of carboxylic acids is 1. The second-order valence-electron chi connectivity index (χ2n) is 27.4. The fourth-order valence-electron chi connectivity index (χ4n) is 12.8. The highest BCUT2D eigenvalue weighted by molar-refractivity contribution is 6.14. The Morgan fingerprint density at radius 1 is 0.430 bits per heavy atom. The molecule has 23 nitrogen and oxygen atoms in total. The molecular formula is C86H101ClF4N12O11. The van der Waals surface area contributed by atoms with Crippen LogP contribution in [0.2, 0.25) is 0 Å². The van der Waals surface area contributed by atoms with Crippen molar-refractivity contribution < 1.29 is 70.3 Å². The van der Waals surface area contributed by atoms with Crippen LogP contribution in [0.25, 0.3) is 88.1 Å². The number of aromatic amines is 4. The highest BCUT2D eigenvalue weighted by Gasteiger charge is 2.28. The van der Waals surface area contributed by atoms with Gasteiger partial charge >= 0.3 is 12.1 Å². The van der Waals surface area contributed by atoms with Crippen LogP contribution in [0.3, 0.4) is 0 Å². The Bertz CT molecular complexity index is 5030. The van der Waals surface area contributed by atoms with Crippen LogP contribution in [0.15, 0.2) is 170 Å². The summed E-state index contributed by atoms with van der Waals surface area (Å²) in [6, 6.07) is 45.2. The molecule has 0 bridgehead atoms. The van der Waals surface area contributed by atoms with Crippen molar-refractivity contribution in [2.24, 2.45) is 22.9 Å². The highest BCUT2D eigenvalue weighted by Crippen LogP contribution is 2.41. The molecule has 4 amide bonds. The number of hydrogen-bond donors (Lipinski definition) is 13. The lowest BCUT2D eigenvalue weighted by atomic mass is 10.0. The normalized spacial score (nSPS) is 11.7. The molecule has 0 aliphatic carbocycles. The zero-order valence-electron chi connectivity index (χ0n) is 64.1. The Kier molecular flexibility index (Phi) is 33.0. The summed E-state index contributed by atoms with van der Waals surface area (Å²) in [7, 11) is 6.23. The van der Waals surface area contributed by atoms with Crippen LogP contribution in [0.5, 0.6) is 23.0 Å². The molecule has 12 aromatic rings. The second kappa shape index (κ2) is 42.1. The van der Waals surface area contributed by atoms with Gasteiger partial charge in [0.2, 0.25) is 0 Å². The topological polar surface area (TPSA) is 367 Å². The predicted octanol–water partition coefficient (Wildman–Crippen LogP) is 16.1. The number of fused-ring (bicyclic) bond motifs is 4. The van der Waals surface area contributed by atoms with E-state index in [1.54, 1.807) is 115 Å². The van der Waals surface area contributed by atoms with Crippen LogP contribution in [0.4, 0.5) is 22.4 Å². The van der Waals surface area contributed by atoms with Crippen molar-refractivity contribution in [1.29, 1.82) is 0 Å². The van der Waals surface area contributed by atoms with E-state index in [0.717, 1.165) is 71.2 Å². The van der Waals surface area contributed by atoms with E-state index in [-0.39, 0.29) is 91.2 Å². The lowest BCUT2D eigenvalue weighted by Crippen LogP contribution is -2.45. The third kappa shape index (κ3) is 22.7. The molecule has 0 saturated carbocycles. The van der Waals surface area contributed by atoms with Crippen molar-refractivity contribution in [2.45, 2.75) is 104 Å². The van der Waals surface area contributed by atoms with Crippen molar-refractivity contribution in [1.82, 2.24) is 41.2 Å². The van der Waals surface area contributed by atoms with E-state index in [1.165, 1.54) is 55.6 Å². The third-order valence-electron chi connectivity index (χ3n) is 18.2. The van der Waals surface area contributed by atoms with E-state index in [2.05, 4.69) is 48.1 Å². The van der Waals surface area contributed by atoms with Gasteiger partial charge in [-0.2, -0.15) is 0 Å². The van der Waals surface area contributed by atoms with Crippen LogP contribution >= 0.6 is 12.4 Å². The van der Waals surface area contributed by atoms with Gasteiger partial charge in [-0.3, -0.25) is 14.4 Å². The average molecular weight is 1590 g/mol. The number of nitrogens with two attached hydrogens (primary N) is 4. The molecule has 12 rings (SSSR count). The molecule has 0 aliphatic rings. The number of rotatable bonds is 28. The molecule has 17 N–H and O–H groups in total. The smallest absolute Gasteiger partial charge is 0.407 e. The summed E-state index contributed by atoms with van der Waals surface area (Å²) < 4.78 is 80.4. The Morgan fingerprint density at radius 3 is 0.974 bits per heavy atom. The molecule has 0 unspecified atom stereocenters. The highest BCUT2D eigenvalue weighted by atomic mass is 35.5. The second-order valence-corrected chi connectivity index (χ2v) is 27.4. The van der Waals surface area contributed by atoms with Crippen molar-refractivity contribution in [3.05, 3.63) is 216 Å². The van der Waals surface area contributed by atoms with Gasteiger partial charge in [0.25, 0.3) is 17.7 Å². The molecule has 28 heteroatoms. The molecule has 606 valence electrons. The van der Waals surface area contributed by atoms with Crippen LogP contribution < -0.4 is 63.1 Å². The molecule has 8 aromatic carbocycles. The van der Waals surface area contributed by atoms with E-state index in [4.69, 9.17) is 46.6 Å². The number of nitrogens with one attached hydrogen (secondary N) is 8. The SMILES string of the molecule is C.CCCC[C@@H](CNC(=O)c1[nH]c2c(OC)cccc2c1-c1ccc(F)cc1)NC(=O)OC(C)(C)C.COc1cccc2c(-c3ccc(F)cc3)c(C(=O)NC[C@@H](N)CCCN)[nH]c12.COc1cccc2c(-c3ccc(F)cc3)c(C(=O)NC[C@@H](N)CCCN)[nH]c12.COc1cccc2c(-c3ccc(F)cc3)c(C(=O)O)[nH]c12.Cl. The molecule has 3 atom stereocenters. The molecular weight excluding hydrogens is 1490 g/mol. The number of benzene rings is 8. The molecule has 114 heavy (non-hydrogen) atoms. The van der Waals surface area contributed by atoms with Gasteiger partial charge in [0.15, 0.2) is 0 Å². The molecule has 0 fully saturated rings. The first-order valence-corrected chi connectivity index (χ1v) is 36.6. The number of amides is 4. The minimum Gasteiger partial charge on any atom is -0.495 e. The third-order valence-corrected chi connectivity index (χ3v) is 18.2. The number of carbonyl (C=O) groups is 5. The maximum Gasteiger partial charge on any atom is 0.407 e. The number of methoxy groups -OCH3 is 4. The van der Waals surface area contributed by atoms with Gasteiger partial charge in [0, 0.05) is 81.6 Å². The summed E-state index contributed by atoms with van der Waals surface area (Å²) in [4.78, 5) is 75.4. The van der Waals surface area contributed by atoms with Gasteiger partial charge in [-0.05, 0) is 161 Å². The molecule has 0 radical (unpaired) electrons. The lowest BCUT2D eigenvalue weighted by molar-refractivity contribution is 0.0497. The molecule has 4 heterocycles. The first-order chi connectivity index (χ1) is 53.8. The fraction of sp³-hybridized carbons (Fsp3) is 0.291. The van der Waals surface area contributed by atoms with E-state index in [1.807, 2.05) is 48.5 Å². The maximum atomic E-state index is 13.6. The standard InChI is InChI=1S/C27H34FN3O4.2C21H25FN4O2.C16H12FNO3.CH4.ClH/c1-6-7-9-19(30-26(33)35-27(2,3)4)16-29-25(32)24-22(17-12-14-18(28)15-13-17)20-10-8-11-21(34-5)23(20)31-24;2*1-28-17-6-2-5-16-18(13-7-9-14(22)10-8-13)20(26-19(16)17)21(27)25-12-15(24)4-3-11-23;1-21-12-4-2-3-11-13(9-5-7-10(17)8-6-9)15(16(19)20)18-14(11)12;;/h8,10-15,19,31H,6-7,9,16H2,1-5H3,(H,29,32)(H,30,33);2*2,5-10,15,26H,3-4,11-12,23-24H2,1H3,(H,25,27);2-8,18H,1H3,(H,19,20);1H4;1H/t19-;2*15-;;;/m000.../s1.